The van der Waals surface area contributed by atoms with Crippen molar-refractivity contribution in [2.45, 2.75) is 290 Å². The van der Waals surface area contributed by atoms with Crippen LogP contribution in [0.4, 0.5) is 0 Å². The van der Waals surface area contributed by atoms with Gasteiger partial charge in [-0.3, -0.25) is 14.4 Å². The van der Waals surface area contributed by atoms with E-state index in [1.165, 1.54) is 83.5 Å². The molecule has 0 aliphatic carbocycles. The minimum absolute atomic E-state index is 0.107. The Morgan fingerprint density at radius 3 is 0.793 bits per heavy atom. The molecule has 0 aliphatic rings. The zero-order chi connectivity index (χ0) is 59.2. The van der Waals surface area contributed by atoms with E-state index in [0.29, 0.717) is 25.7 Å². The van der Waals surface area contributed by atoms with Crippen molar-refractivity contribution in [2.75, 3.05) is 13.2 Å². The zero-order valence-electron chi connectivity index (χ0n) is 52.9. The Morgan fingerprint density at radius 2 is 0.476 bits per heavy atom. The maximum atomic E-state index is 12.9. The molecule has 0 radical (unpaired) electrons. The zero-order valence-corrected chi connectivity index (χ0v) is 52.9. The summed E-state index contributed by atoms with van der Waals surface area (Å²) in [5.74, 6) is -0.975. The molecule has 6 nitrogen and oxygen atoms in total. The van der Waals surface area contributed by atoms with Gasteiger partial charge < -0.3 is 14.2 Å². The lowest BCUT2D eigenvalue weighted by molar-refractivity contribution is -0.167. The lowest BCUT2D eigenvalue weighted by Gasteiger charge is -2.18. The van der Waals surface area contributed by atoms with Crippen LogP contribution in [0.15, 0.2) is 158 Å². The van der Waals surface area contributed by atoms with Gasteiger partial charge in [0.2, 0.25) is 0 Å². The lowest BCUT2D eigenvalue weighted by Crippen LogP contribution is -2.30. The number of carbonyl (C=O) groups is 3. The van der Waals surface area contributed by atoms with E-state index in [2.05, 4.69) is 179 Å². The van der Waals surface area contributed by atoms with Crippen LogP contribution in [0.5, 0.6) is 0 Å². The molecule has 0 saturated heterocycles. The van der Waals surface area contributed by atoms with Crippen molar-refractivity contribution < 1.29 is 28.6 Å². The van der Waals surface area contributed by atoms with Crippen LogP contribution in [0.3, 0.4) is 0 Å². The number of unbranched alkanes of at least 4 members (excludes halogenated alkanes) is 22. The third-order valence-corrected chi connectivity index (χ3v) is 13.7. The summed E-state index contributed by atoms with van der Waals surface area (Å²) >= 11 is 0. The van der Waals surface area contributed by atoms with Crippen molar-refractivity contribution in [3.63, 3.8) is 0 Å². The highest BCUT2D eigenvalue weighted by molar-refractivity contribution is 5.71. The van der Waals surface area contributed by atoms with Gasteiger partial charge >= 0.3 is 17.9 Å². The van der Waals surface area contributed by atoms with Crippen molar-refractivity contribution in [1.82, 2.24) is 0 Å². The summed E-state index contributed by atoms with van der Waals surface area (Å²) in [4.78, 5) is 38.3. The summed E-state index contributed by atoms with van der Waals surface area (Å²) in [6.45, 7) is 6.45. The second-order valence-corrected chi connectivity index (χ2v) is 21.6. The minimum Gasteiger partial charge on any atom is -0.462 e. The van der Waals surface area contributed by atoms with Gasteiger partial charge in [-0.1, -0.05) is 269 Å². The molecule has 0 aromatic heterocycles. The standard InChI is InChI=1S/C76H122O6/c1-4-7-10-13-16-19-22-25-28-30-31-32-33-34-35-36-37-38-39-40-41-42-43-44-45-46-49-51-54-57-60-63-66-69-75(78)81-72-73(71-80-74(77)68-65-62-59-56-53-50-47-27-24-21-18-15-12-9-6-3)82-76(79)70-67-64-61-58-55-52-48-29-26-23-20-17-14-11-8-5-2/h7,10,16,19-20,23,25,27-29,31-32,34-35,37-38,40-41,43-44,46-49,54,57,73H,4-6,8-9,11-15,17-18,21-22,24,26,30,33,36,39,42,45,50-53,55-56,58-72H2,1-3H3/b10-7-,19-16-,23-20-,28-25-,32-31-,35-34-,38-37-,41-40-,44-43-,47-27-,48-29-,49-46-,57-54-. The molecule has 0 heterocycles. The van der Waals surface area contributed by atoms with Gasteiger partial charge in [0, 0.05) is 19.3 Å². The topological polar surface area (TPSA) is 78.9 Å². The predicted octanol–water partition coefficient (Wildman–Crippen LogP) is 23.3. The molecule has 1 atom stereocenters. The Kier molecular flexibility index (Phi) is 64.4. The van der Waals surface area contributed by atoms with E-state index in [9.17, 15) is 14.4 Å². The largest absolute Gasteiger partial charge is 0.462 e. The molecule has 0 spiro atoms. The van der Waals surface area contributed by atoms with Gasteiger partial charge in [-0.05, 0) is 154 Å². The van der Waals surface area contributed by atoms with Gasteiger partial charge in [0.1, 0.15) is 13.2 Å². The summed E-state index contributed by atoms with van der Waals surface area (Å²) < 4.78 is 16.9. The second-order valence-electron chi connectivity index (χ2n) is 21.6. The highest BCUT2D eigenvalue weighted by Crippen LogP contribution is 2.14. The summed E-state index contributed by atoms with van der Waals surface area (Å²) in [5.41, 5.74) is 0. The molecule has 0 N–H and O–H groups in total. The van der Waals surface area contributed by atoms with Gasteiger partial charge in [-0.2, -0.15) is 0 Å². The molecule has 462 valence electrons. The molecule has 0 amide bonds. The first-order valence-electron chi connectivity index (χ1n) is 33.5. The van der Waals surface area contributed by atoms with Crippen LogP contribution < -0.4 is 0 Å². The van der Waals surface area contributed by atoms with E-state index in [1.807, 2.05) is 0 Å². The Labute approximate surface area is 505 Å². The smallest absolute Gasteiger partial charge is 0.306 e. The van der Waals surface area contributed by atoms with E-state index in [-0.39, 0.29) is 31.1 Å². The summed E-state index contributed by atoms with van der Waals surface area (Å²) in [5, 5.41) is 0. The molecule has 6 heteroatoms. The summed E-state index contributed by atoms with van der Waals surface area (Å²) in [6, 6.07) is 0. The monoisotopic (exact) mass is 1130 g/mol. The summed E-state index contributed by atoms with van der Waals surface area (Å²) in [6.07, 6.45) is 99.7. The van der Waals surface area contributed by atoms with Gasteiger partial charge in [-0.15, -0.1) is 0 Å². The molecule has 0 bridgehead atoms. The van der Waals surface area contributed by atoms with Crippen molar-refractivity contribution in [1.29, 1.82) is 0 Å². The first-order valence-corrected chi connectivity index (χ1v) is 33.5. The molecule has 0 aromatic rings. The highest BCUT2D eigenvalue weighted by atomic mass is 16.6. The third kappa shape index (κ3) is 65.8. The molecule has 0 fully saturated rings. The number of hydrogen-bond acceptors (Lipinski definition) is 6. The number of esters is 3. The summed E-state index contributed by atoms with van der Waals surface area (Å²) in [7, 11) is 0. The average Bonchev–Trinajstić information content (AvgIpc) is 3.47. The molecule has 0 aromatic carbocycles. The molecular weight excluding hydrogens is 1010 g/mol. The first kappa shape index (κ1) is 77.0. The molecular formula is C76H122O6. The fourth-order valence-electron chi connectivity index (χ4n) is 8.73. The van der Waals surface area contributed by atoms with Crippen molar-refractivity contribution in [3.8, 4) is 0 Å². The first-order chi connectivity index (χ1) is 40.5. The average molecular weight is 1130 g/mol. The second kappa shape index (κ2) is 68.5. The molecule has 0 saturated carbocycles. The van der Waals surface area contributed by atoms with Gasteiger partial charge in [-0.25, -0.2) is 0 Å². The number of carbonyl (C=O) groups excluding carboxylic acids is 3. The van der Waals surface area contributed by atoms with Crippen molar-refractivity contribution in [3.05, 3.63) is 158 Å². The van der Waals surface area contributed by atoms with Crippen LogP contribution in [-0.4, -0.2) is 37.2 Å². The fourth-order valence-corrected chi connectivity index (χ4v) is 8.73. The Balaban J connectivity index is 4.43. The van der Waals surface area contributed by atoms with Crippen LogP contribution in [0.2, 0.25) is 0 Å². The van der Waals surface area contributed by atoms with E-state index in [0.717, 1.165) is 154 Å². The van der Waals surface area contributed by atoms with Gasteiger partial charge in [0.05, 0.1) is 0 Å². The van der Waals surface area contributed by atoms with Crippen molar-refractivity contribution >= 4 is 17.9 Å². The molecule has 0 aliphatic heterocycles. The number of rotatable bonds is 59. The van der Waals surface area contributed by atoms with Crippen LogP contribution >= 0.6 is 0 Å². The predicted molar refractivity (Wildman–Crippen MR) is 357 cm³/mol. The van der Waals surface area contributed by atoms with Crippen LogP contribution in [-0.2, 0) is 28.6 Å². The van der Waals surface area contributed by atoms with Crippen LogP contribution in [0.1, 0.15) is 284 Å². The van der Waals surface area contributed by atoms with E-state index in [4.69, 9.17) is 14.2 Å². The maximum Gasteiger partial charge on any atom is 0.306 e. The lowest BCUT2D eigenvalue weighted by atomic mass is 10.1. The van der Waals surface area contributed by atoms with E-state index < -0.39 is 6.10 Å². The number of allylic oxidation sites excluding steroid dienone is 26. The fraction of sp³-hybridized carbons (Fsp3) is 0.618. The molecule has 82 heavy (non-hydrogen) atoms. The quantitative estimate of drug-likeness (QED) is 0.0261. The van der Waals surface area contributed by atoms with Crippen LogP contribution in [0.25, 0.3) is 0 Å². The molecule has 0 rings (SSSR count). The highest BCUT2D eigenvalue weighted by Gasteiger charge is 2.19. The SMILES string of the molecule is CC/C=C\C/C=C\C/C=C\C/C=C\C/C=C\C/C=C\C/C=C\C/C=C\C/C=C\C/C=C\CCCCC(=O)OCC(COC(=O)CCCCCCC/C=C\CCCCCCCC)OC(=O)CCCCCCC/C=C\C/C=C\CCCCCC. The maximum absolute atomic E-state index is 12.9. The number of hydrogen-bond donors (Lipinski definition) is 0. The Hall–Kier alpha value is -4.97. The third-order valence-electron chi connectivity index (χ3n) is 13.7. The Morgan fingerprint density at radius 1 is 0.256 bits per heavy atom. The Bertz CT molecular complexity index is 1830. The van der Waals surface area contributed by atoms with Gasteiger partial charge in [0.25, 0.3) is 0 Å². The number of ether oxygens (including phenoxy) is 3. The van der Waals surface area contributed by atoms with E-state index in [1.54, 1.807) is 0 Å². The van der Waals surface area contributed by atoms with Gasteiger partial charge in [0.15, 0.2) is 6.10 Å². The molecule has 1 unspecified atom stereocenters. The normalized spacial score (nSPS) is 13.2. The van der Waals surface area contributed by atoms with Crippen molar-refractivity contribution in [2.24, 2.45) is 0 Å². The van der Waals surface area contributed by atoms with E-state index >= 15 is 0 Å². The minimum atomic E-state index is -0.815. The van der Waals surface area contributed by atoms with Crippen LogP contribution in [0, 0.1) is 0 Å².